The van der Waals surface area contributed by atoms with Crippen molar-refractivity contribution in [3.63, 3.8) is 0 Å². The maximum absolute atomic E-state index is 11.6. The molecule has 0 aliphatic carbocycles. The van der Waals surface area contributed by atoms with Crippen LogP contribution in [0.15, 0.2) is 11.6 Å². The van der Waals surface area contributed by atoms with Crippen molar-refractivity contribution in [3.8, 4) is 0 Å². The van der Waals surface area contributed by atoms with Crippen LogP contribution in [0.5, 0.6) is 0 Å². The summed E-state index contributed by atoms with van der Waals surface area (Å²) in [7, 11) is 0. The second kappa shape index (κ2) is 4.96. The molecule has 0 aromatic carbocycles. The van der Waals surface area contributed by atoms with Gasteiger partial charge in [0.15, 0.2) is 0 Å². The Bertz CT molecular complexity index is 182. The minimum Gasteiger partial charge on any atom is -0.337 e. The third kappa shape index (κ3) is 2.68. The molecule has 1 amide bonds. The molecule has 0 heterocycles. The summed E-state index contributed by atoms with van der Waals surface area (Å²) >= 11 is 0. The summed E-state index contributed by atoms with van der Waals surface area (Å²) in [5.41, 5.74) is 0.825. The number of likely N-dealkylation sites (N-methyl/N-ethyl adjacent to an activating group) is 1. The molecule has 2 nitrogen and oxygen atoms in total. The van der Waals surface area contributed by atoms with Gasteiger partial charge >= 0.3 is 0 Å². The standard InChI is InChI=1S/C10H19NO/c1-6-9(5)10(12)11(7-2)8(3)4/h6,8H,7H2,1-5H3. The molecule has 0 spiro atoms. The van der Waals surface area contributed by atoms with Gasteiger partial charge in [-0.1, -0.05) is 6.08 Å². The Balaban J connectivity index is 4.43. The molecule has 0 aliphatic heterocycles. The molecule has 0 unspecified atom stereocenters. The van der Waals surface area contributed by atoms with E-state index in [1.54, 1.807) is 0 Å². The van der Waals surface area contributed by atoms with E-state index in [-0.39, 0.29) is 11.9 Å². The van der Waals surface area contributed by atoms with Gasteiger partial charge in [-0.05, 0) is 34.6 Å². The molecule has 12 heavy (non-hydrogen) atoms. The Kier molecular flexibility index (Phi) is 4.64. The SMILES string of the molecule is CC=C(C)C(=O)N(CC)C(C)C. The van der Waals surface area contributed by atoms with Gasteiger partial charge in [0.2, 0.25) is 5.91 Å². The Morgan fingerprint density at radius 3 is 2.25 bits per heavy atom. The van der Waals surface area contributed by atoms with Gasteiger partial charge < -0.3 is 4.90 Å². The van der Waals surface area contributed by atoms with Crippen LogP contribution in [0, 0.1) is 0 Å². The number of allylic oxidation sites excluding steroid dienone is 1. The minimum absolute atomic E-state index is 0.148. The smallest absolute Gasteiger partial charge is 0.249 e. The summed E-state index contributed by atoms with van der Waals surface area (Å²) in [6, 6.07) is 0.289. The summed E-state index contributed by atoms with van der Waals surface area (Å²) in [4.78, 5) is 13.5. The number of carbonyl (C=O) groups is 1. The van der Waals surface area contributed by atoms with E-state index in [0.29, 0.717) is 0 Å². The molecule has 0 radical (unpaired) electrons. The van der Waals surface area contributed by atoms with Gasteiger partial charge in [-0.3, -0.25) is 4.79 Å². The highest BCUT2D eigenvalue weighted by atomic mass is 16.2. The van der Waals surface area contributed by atoms with Crippen molar-refractivity contribution in [2.45, 2.75) is 40.7 Å². The predicted molar refractivity (Wildman–Crippen MR) is 52.0 cm³/mol. The predicted octanol–water partition coefficient (Wildman–Crippen LogP) is 2.21. The minimum atomic E-state index is 0.148. The highest BCUT2D eigenvalue weighted by Gasteiger charge is 2.15. The van der Waals surface area contributed by atoms with Gasteiger partial charge in [-0.2, -0.15) is 0 Å². The van der Waals surface area contributed by atoms with E-state index in [1.165, 1.54) is 0 Å². The van der Waals surface area contributed by atoms with Crippen LogP contribution in [0.25, 0.3) is 0 Å². The Morgan fingerprint density at radius 1 is 1.50 bits per heavy atom. The zero-order valence-corrected chi connectivity index (χ0v) is 8.72. The van der Waals surface area contributed by atoms with Crippen LogP contribution >= 0.6 is 0 Å². The second-order valence-electron chi connectivity index (χ2n) is 3.16. The van der Waals surface area contributed by atoms with E-state index in [4.69, 9.17) is 0 Å². The highest BCUT2D eigenvalue weighted by Crippen LogP contribution is 2.04. The summed E-state index contributed by atoms with van der Waals surface area (Å²) in [6.45, 7) is 10.6. The Labute approximate surface area is 75.3 Å². The van der Waals surface area contributed by atoms with Gasteiger partial charge in [0.05, 0.1) is 0 Å². The highest BCUT2D eigenvalue weighted by molar-refractivity contribution is 5.92. The lowest BCUT2D eigenvalue weighted by Crippen LogP contribution is -2.37. The van der Waals surface area contributed by atoms with E-state index in [2.05, 4.69) is 0 Å². The van der Waals surface area contributed by atoms with Crippen LogP contribution in [0.4, 0.5) is 0 Å². The van der Waals surface area contributed by atoms with Gasteiger partial charge in [-0.25, -0.2) is 0 Å². The summed E-state index contributed by atoms with van der Waals surface area (Å²) < 4.78 is 0. The molecule has 0 aliphatic rings. The molecule has 70 valence electrons. The monoisotopic (exact) mass is 169 g/mol. The van der Waals surface area contributed by atoms with Crippen molar-refractivity contribution in [1.82, 2.24) is 4.90 Å². The molecular weight excluding hydrogens is 150 g/mol. The fourth-order valence-corrected chi connectivity index (χ4v) is 1.09. The lowest BCUT2D eigenvalue weighted by atomic mass is 10.2. The van der Waals surface area contributed by atoms with Gasteiger partial charge in [0.1, 0.15) is 0 Å². The molecule has 0 fully saturated rings. The topological polar surface area (TPSA) is 20.3 Å². The van der Waals surface area contributed by atoms with Crippen LogP contribution in [0.3, 0.4) is 0 Å². The molecular formula is C10H19NO. The van der Waals surface area contributed by atoms with E-state index in [9.17, 15) is 4.79 Å². The molecule has 0 bridgehead atoms. The molecule has 0 aromatic rings. The maximum Gasteiger partial charge on any atom is 0.249 e. The van der Waals surface area contributed by atoms with Crippen LogP contribution in [0.1, 0.15) is 34.6 Å². The molecule has 0 atom stereocenters. The Morgan fingerprint density at radius 2 is 2.00 bits per heavy atom. The van der Waals surface area contributed by atoms with E-state index >= 15 is 0 Å². The number of nitrogens with zero attached hydrogens (tertiary/aromatic N) is 1. The fourth-order valence-electron chi connectivity index (χ4n) is 1.09. The lowest BCUT2D eigenvalue weighted by Gasteiger charge is -2.25. The van der Waals surface area contributed by atoms with Crippen LogP contribution in [-0.4, -0.2) is 23.4 Å². The largest absolute Gasteiger partial charge is 0.337 e. The van der Waals surface area contributed by atoms with Crippen molar-refractivity contribution < 1.29 is 4.79 Å². The summed E-state index contributed by atoms with van der Waals surface area (Å²) in [5, 5.41) is 0. The molecule has 0 saturated carbocycles. The second-order valence-corrected chi connectivity index (χ2v) is 3.16. The van der Waals surface area contributed by atoms with Crippen molar-refractivity contribution in [1.29, 1.82) is 0 Å². The van der Waals surface area contributed by atoms with Crippen LogP contribution < -0.4 is 0 Å². The molecule has 0 saturated heterocycles. The van der Waals surface area contributed by atoms with Crippen LogP contribution in [-0.2, 0) is 4.79 Å². The van der Waals surface area contributed by atoms with E-state index < -0.39 is 0 Å². The maximum atomic E-state index is 11.6. The van der Waals surface area contributed by atoms with Crippen LogP contribution in [0.2, 0.25) is 0 Å². The number of hydrogen-bond donors (Lipinski definition) is 0. The van der Waals surface area contributed by atoms with Gasteiger partial charge in [-0.15, -0.1) is 0 Å². The lowest BCUT2D eigenvalue weighted by molar-refractivity contribution is -0.128. The molecule has 0 aromatic heterocycles. The molecule has 0 rings (SSSR count). The first-order valence-corrected chi connectivity index (χ1v) is 4.48. The number of rotatable bonds is 3. The summed E-state index contributed by atoms with van der Waals surface area (Å²) in [5.74, 6) is 0.148. The average molecular weight is 169 g/mol. The number of amides is 1. The first kappa shape index (κ1) is 11.2. The third-order valence-electron chi connectivity index (χ3n) is 2.00. The zero-order valence-electron chi connectivity index (χ0n) is 8.72. The van der Waals surface area contributed by atoms with Crippen molar-refractivity contribution >= 4 is 5.91 Å². The molecule has 2 heteroatoms. The first-order chi connectivity index (χ1) is 5.54. The van der Waals surface area contributed by atoms with Gasteiger partial charge in [0.25, 0.3) is 0 Å². The van der Waals surface area contributed by atoms with E-state index in [0.717, 1.165) is 12.1 Å². The first-order valence-electron chi connectivity index (χ1n) is 4.48. The Hall–Kier alpha value is -0.790. The quantitative estimate of drug-likeness (QED) is 0.593. The fraction of sp³-hybridized carbons (Fsp3) is 0.700. The van der Waals surface area contributed by atoms with Crippen molar-refractivity contribution in [2.75, 3.05) is 6.54 Å². The number of carbonyl (C=O) groups excluding carboxylic acids is 1. The van der Waals surface area contributed by atoms with Crippen molar-refractivity contribution in [2.24, 2.45) is 0 Å². The normalized spacial score (nSPS) is 12.0. The molecule has 0 N–H and O–H groups in total. The van der Waals surface area contributed by atoms with Crippen molar-refractivity contribution in [3.05, 3.63) is 11.6 Å². The third-order valence-corrected chi connectivity index (χ3v) is 2.00. The van der Waals surface area contributed by atoms with E-state index in [1.807, 2.05) is 45.6 Å². The average Bonchev–Trinajstić information content (AvgIpc) is 2.03. The van der Waals surface area contributed by atoms with Gasteiger partial charge in [0, 0.05) is 18.2 Å². The summed E-state index contributed by atoms with van der Waals surface area (Å²) in [6.07, 6.45) is 1.85. The zero-order chi connectivity index (χ0) is 9.72. The number of hydrogen-bond acceptors (Lipinski definition) is 1.